The summed E-state index contributed by atoms with van der Waals surface area (Å²) in [5.41, 5.74) is 5.28. The lowest BCUT2D eigenvalue weighted by Gasteiger charge is -2.03. The third-order valence-corrected chi connectivity index (χ3v) is 2.53. The summed E-state index contributed by atoms with van der Waals surface area (Å²) in [6, 6.07) is 12.8. The number of aryl methyl sites for hydroxylation is 2. The van der Waals surface area contributed by atoms with E-state index in [0.717, 1.165) is 6.42 Å². The van der Waals surface area contributed by atoms with Crippen LogP contribution in [-0.4, -0.2) is 4.98 Å². The maximum Gasteiger partial charge on any atom is 0.0193 e. The summed E-state index contributed by atoms with van der Waals surface area (Å²) in [5, 5.41) is 0. The molecule has 0 aliphatic carbocycles. The first-order valence-electron chi connectivity index (χ1n) is 4.95. The molecule has 0 saturated carbocycles. The monoisotopic (exact) mass is 185 g/mol. The Morgan fingerprint density at radius 3 is 2.43 bits per heavy atom. The van der Waals surface area contributed by atoms with Gasteiger partial charge in [0.2, 0.25) is 0 Å². The molecule has 2 aromatic rings. The van der Waals surface area contributed by atoms with Gasteiger partial charge in [0.15, 0.2) is 0 Å². The van der Waals surface area contributed by atoms with Crippen molar-refractivity contribution in [3.8, 4) is 0 Å². The Bertz CT molecular complexity index is 426. The highest BCUT2D eigenvalue weighted by atomic mass is 14.7. The molecule has 14 heavy (non-hydrogen) atoms. The zero-order valence-corrected chi connectivity index (χ0v) is 8.67. The largest absolute Gasteiger partial charge is 0.362 e. The second kappa shape index (κ2) is 3.70. The molecule has 0 amide bonds. The molecule has 72 valence electrons. The summed E-state index contributed by atoms with van der Waals surface area (Å²) in [4.78, 5) is 3.35. The molecule has 1 heteroatoms. The molecule has 0 aliphatic heterocycles. The maximum atomic E-state index is 3.35. The number of nitrogens with one attached hydrogen (secondary N) is 1. The fourth-order valence-corrected chi connectivity index (χ4v) is 1.68. The van der Waals surface area contributed by atoms with Gasteiger partial charge in [-0.3, -0.25) is 0 Å². The van der Waals surface area contributed by atoms with Gasteiger partial charge in [-0.1, -0.05) is 24.3 Å². The number of rotatable bonds is 2. The topological polar surface area (TPSA) is 15.8 Å². The number of H-pyrrole nitrogens is 1. The Hall–Kier alpha value is -1.50. The van der Waals surface area contributed by atoms with E-state index in [-0.39, 0.29) is 0 Å². The summed E-state index contributed by atoms with van der Waals surface area (Å²) < 4.78 is 0. The van der Waals surface area contributed by atoms with Crippen molar-refractivity contribution in [1.29, 1.82) is 0 Å². The van der Waals surface area contributed by atoms with Gasteiger partial charge in [0.05, 0.1) is 0 Å². The third kappa shape index (κ3) is 1.87. The molecule has 0 spiro atoms. The lowest BCUT2D eigenvalue weighted by Crippen LogP contribution is -1.91. The Labute approximate surface area is 84.8 Å². The molecule has 1 nitrogen and oxygen atoms in total. The van der Waals surface area contributed by atoms with Crippen molar-refractivity contribution in [3.05, 3.63) is 58.9 Å². The van der Waals surface area contributed by atoms with Crippen LogP contribution in [0.1, 0.15) is 22.5 Å². The van der Waals surface area contributed by atoms with E-state index in [1.54, 1.807) is 0 Å². The van der Waals surface area contributed by atoms with Gasteiger partial charge in [-0.2, -0.15) is 0 Å². The van der Waals surface area contributed by atoms with E-state index < -0.39 is 0 Å². The molecule has 1 N–H and O–H groups in total. The molecular formula is C13H15N. The van der Waals surface area contributed by atoms with Crippen LogP contribution in [0.5, 0.6) is 0 Å². The minimum Gasteiger partial charge on any atom is -0.362 e. The average molecular weight is 185 g/mol. The van der Waals surface area contributed by atoms with Crippen LogP contribution in [0.4, 0.5) is 0 Å². The summed E-state index contributed by atoms with van der Waals surface area (Å²) >= 11 is 0. The second-order valence-electron chi connectivity index (χ2n) is 3.77. The van der Waals surface area contributed by atoms with Crippen molar-refractivity contribution in [2.24, 2.45) is 0 Å². The highest BCUT2D eigenvalue weighted by Gasteiger charge is 2.00. The fraction of sp³-hybridized carbons (Fsp3) is 0.231. The molecule has 0 aliphatic rings. The highest BCUT2D eigenvalue weighted by Crippen LogP contribution is 2.12. The molecule has 0 unspecified atom stereocenters. The smallest absolute Gasteiger partial charge is 0.0193 e. The van der Waals surface area contributed by atoms with Crippen LogP contribution < -0.4 is 0 Å². The first-order chi connectivity index (χ1) is 6.75. The van der Waals surface area contributed by atoms with Crippen molar-refractivity contribution in [1.82, 2.24) is 4.98 Å². The van der Waals surface area contributed by atoms with Crippen LogP contribution in [0.2, 0.25) is 0 Å². The van der Waals surface area contributed by atoms with Gasteiger partial charge in [-0.05, 0) is 37.1 Å². The first-order valence-corrected chi connectivity index (χ1v) is 4.95. The quantitative estimate of drug-likeness (QED) is 0.739. The van der Waals surface area contributed by atoms with Crippen LogP contribution in [0, 0.1) is 13.8 Å². The molecule has 1 heterocycles. The van der Waals surface area contributed by atoms with E-state index in [2.05, 4.69) is 55.2 Å². The predicted octanol–water partition coefficient (Wildman–Crippen LogP) is 3.22. The van der Waals surface area contributed by atoms with Gasteiger partial charge in [0, 0.05) is 17.8 Å². The summed E-state index contributed by atoms with van der Waals surface area (Å²) in [5.74, 6) is 0. The van der Waals surface area contributed by atoms with Crippen LogP contribution in [0.25, 0.3) is 0 Å². The van der Waals surface area contributed by atoms with Crippen LogP contribution in [0.3, 0.4) is 0 Å². The van der Waals surface area contributed by atoms with Crippen molar-refractivity contribution in [2.45, 2.75) is 20.3 Å². The van der Waals surface area contributed by atoms with Crippen LogP contribution >= 0.6 is 0 Å². The number of benzene rings is 1. The van der Waals surface area contributed by atoms with E-state index in [1.807, 2.05) is 0 Å². The Morgan fingerprint density at radius 1 is 1.00 bits per heavy atom. The molecular weight excluding hydrogens is 170 g/mol. The van der Waals surface area contributed by atoms with Gasteiger partial charge >= 0.3 is 0 Å². The van der Waals surface area contributed by atoms with Gasteiger partial charge in [-0.15, -0.1) is 0 Å². The van der Waals surface area contributed by atoms with Gasteiger partial charge in [-0.25, -0.2) is 0 Å². The van der Waals surface area contributed by atoms with E-state index in [4.69, 9.17) is 0 Å². The minimum atomic E-state index is 1.00. The molecule has 2 rings (SSSR count). The van der Waals surface area contributed by atoms with Gasteiger partial charge < -0.3 is 4.98 Å². The number of hydrogen-bond donors (Lipinski definition) is 1. The van der Waals surface area contributed by atoms with Crippen molar-refractivity contribution in [3.63, 3.8) is 0 Å². The number of aromatic amines is 1. The zero-order chi connectivity index (χ0) is 9.97. The maximum absolute atomic E-state index is 3.35. The molecule has 0 fully saturated rings. The Morgan fingerprint density at radius 2 is 1.79 bits per heavy atom. The standard InChI is InChI=1S/C13H15N/c1-10-5-3-4-6-12(10)9-13-8-7-11(2)14-13/h3-8,14H,9H2,1-2H3. The van der Waals surface area contributed by atoms with Crippen LogP contribution in [0.15, 0.2) is 36.4 Å². The zero-order valence-electron chi connectivity index (χ0n) is 8.67. The normalized spacial score (nSPS) is 10.4. The van der Waals surface area contributed by atoms with E-state index in [0.29, 0.717) is 0 Å². The lowest BCUT2D eigenvalue weighted by atomic mass is 10.0. The van der Waals surface area contributed by atoms with Gasteiger partial charge in [0.25, 0.3) is 0 Å². The van der Waals surface area contributed by atoms with E-state index in [9.17, 15) is 0 Å². The van der Waals surface area contributed by atoms with Crippen molar-refractivity contribution in [2.75, 3.05) is 0 Å². The average Bonchev–Trinajstić information content (AvgIpc) is 2.56. The van der Waals surface area contributed by atoms with Crippen LogP contribution in [-0.2, 0) is 6.42 Å². The third-order valence-electron chi connectivity index (χ3n) is 2.53. The Balaban J connectivity index is 2.23. The number of hydrogen-bond acceptors (Lipinski definition) is 0. The van der Waals surface area contributed by atoms with E-state index >= 15 is 0 Å². The second-order valence-corrected chi connectivity index (χ2v) is 3.77. The molecule has 0 radical (unpaired) electrons. The summed E-state index contributed by atoms with van der Waals surface area (Å²) in [6.07, 6.45) is 1.00. The fourth-order valence-electron chi connectivity index (χ4n) is 1.68. The molecule has 0 saturated heterocycles. The minimum absolute atomic E-state index is 1.00. The molecule has 0 atom stereocenters. The highest BCUT2D eigenvalue weighted by molar-refractivity contribution is 5.30. The Kier molecular flexibility index (Phi) is 2.40. The first kappa shape index (κ1) is 9.07. The van der Waals surface area contributed by atoms with Gasteiger partial charge in [0.1, 0.15) is 0 Å². The van der Waals surface area contributed by atoms with Crippen molar-refractivity contribution >= 4 is 0 Å². The number of aromatic nitrogens is 1. The lowest BCUT2D eigenvalue weighted by molar-refractivity contribution is 1.07. The predicted molar refractivity (Wildman–Crippen MR) is 59.5 cm³/mol. The molecule has 0 bridgehead atoms. The van der Waals surface area contributed by atoms with E-state index in [1.165, 1.54) is 22.5 Å². The van der Waals surface area contributed by atoms with Crippen molar-refractivity contribution < 1.29 is 0 Å². The summed E-state index contributed by atoms with van der Waals surface area (Å²) in [6.45, 7) is 4.24. The molecule has 1 aromatic heterocycles. The summed E-state index contributed by atoms with van der Waals surface area (Å²) in [7, 11) is 0. The molecule has 1 aromatic carbocycles. The SMILES string of the molecule is Cc1ccc(Cc2ccccc2C)[nH]1.